The summed E-state index contributed by atoms with van der Waals surface area (Å²) in [7, 11) is 5.79. The van der Waals surface area contributed by atoms with Crippen LogP contribution in [-0.4, -0.2) is 38.1 Å². The van der Waals surface area contributed by atoms with Crippen molar-refractivity contribution in [3.63, 3.8) is 0 Å². The molecule has 0 atom stereocenters. The molecular weight excluding hydrogens is 282 g/mol. The third-order valence-electron chi connectivity index (χ3n) is 4.38. The normalized spacial score (nSPS) is 17.1. The molecular formula is C15H21ClF2N2. The molecule has 1 aromatic carbocycles. The molecule has 1 fully saturated rings. The second-order valence-corrected chi connectivity index (χ2v) is 6.14. The number of nitrogens with zero attached hydrogens (tertiary/aromatic N) is 2. The van der Waals surface area contributed by atoms with E-state index in [1.54, 1.807) is 11.9 Å². The van der Waals surface area contributed by atoms with E-state index in [-0.39, 0.29) is 17.1 Å². The van der Waals surface area contributed by atoms with Crippen LogP contribution in [0.25, 0.3) is 0 Å². The molecule has 2 nitrogen and oxygen atoms in total. The Kier molecular flexibility index (Phi) is 4.55. The fourth-order valence-electron chi connectivity index (χ4n) is 2.91. The molecule has 0 heterocycles. The van der Waals surface area contributed by atoms with E-state index in [2.05, 4.69) is 4.90 Å². The van der Waals surface area contributed by atoms with Gasteiger partial charge in [0.2, 0.25) is 0 Å². The first kappa shape index (κ1) is 15.5. The number of rotatable bonds is 5. The summed E-state index contributed by atoms with van der Waals surface area (Å²) < 4.78 is 28.2. The maximum absolute atomic E-state index is 14.1. The molecule has 0 bridgehead atoms. The van der Waals surface area contributed by atoms with Crippen molar-refractivity contribution in [1.82, 2.24) is 4.90 Å². The highest BCUT2D eigenvalue weighted by molar-refractivity contribution is 6.17. The molecule has 1 aromatic rings. The van der Waals surface area contributed by atoms with Gasteiger partial charge >= 0.3 is 0 Å². The summed E-state index contributed by atoms with van der Waals surface area (Å²) >= 11 is 5.63. The van der Waals surface area contributed by atoms with Crippen molar-refractivity contribution in [1.29, 1.82) is 0 Å². The largest absolute Gasteiger partial charge is 0.368 e. The minimum atomic E-state index is -0.545. The van der Waals surface area contributed by atoms with E-state index < -0.39 is 11.6 Å². The topological polar surface area (TPSA) is 6.48 Å². The molecule has 0 aliphatic heterocycles. The molecule has 5 heteroatoms. The molecule has 0 radical (unpaired) electrons. The fraction of sp³-hybridized carbons (Fsp3) is 0.600. The SMILES string of the molecule is CN(CC1(N(C)C)CCC1)c1c(F)cc(CCl)cc1F. The Balaban J connectivity index is 2.23. The summed E-state index contributed by atoms with van der Waals surface area (Å²) in [6.45, 7) is 0.619. The van der Waals surface area contributed by atoms with Crippen LogP contribution in [-0.2, 0) is 5.88 Å². The second-order valence-electron chi connectivity index (χ2n) is 5.87. The Morgan fingerprint density at radius 2 is 1.70 bits per heavy atom. The van der Waals surface area contributed by atoms with Crippen LogP contribution in [0.4, 0.5) is 14.5 Å². The summed E-state index contributed by atoms with van der Waals surface area (Å²) in [5.41, 5.74) is 0.524. The van der Waals surface area contributed by atoms with Crippen LogP contribution in [0.15, 0.2) is 12.1 Å². The van der Waals surface area contributed by atoms with E-state index in [4.69, 9.17) is 11.6 Å². The summed E-state index contributed by atoms with van der Waals surface area (Å²) in [4.78, 5) is 3.85. The zero-order chi connectivity index (χ0) is 14.9. The van der Waals surface area contributed by atoms with E-state index in [1.807, 2.05) is 14.1 Å². The lowest BCUT2D eigenvalue weighted by Gasteiger charge is -2.49. The molecule has 0 spiro atoms. The van der Waals surface area contributed by atoms with Crippen molar-refractivity contribution in [3.05, 3.63) is 29.3 Å². The lowest BCUT2D eigenvalue weighted by atomic mass is 9.75. The highest BCUT2D eigenvalue weighted by Gasteiger charge is 2.40. The number of hydrogen-bond acceptors (Lipinski definition) is 2. The van der Waals surface area contributed by atoms with Crippen molar-refractivity contribution in [2.75, 3.05) is 32.6 Å². The second kappa shape index (κ2) is 5.86. The molecule has 1 aliphatic carbocycles. The molecule has 0 N–H and O–H groups in total. The maximum atomic E-state index is 14.1. The molecule has 2 rings (SSSR count). The van der Waals surface area contributed by atoms with Gasteiger partial charge in [-0.25, -0.2) is 8.78 Å². The van der Waals surface area contributed by atoms with E-state index in [0.717, 1.165) is 12.8 Å². The number of halogens is 3. The summed E-state index contributed by atoms with van der Waals surface area (Å²) in [6, 6.07) is 2.62. The summed E-state index contributed by atoms with van der Waals surface area (Å²) in [5, 5.41) is 0. The van der Waals surface area contributed by atoms with Crippen molar-refractivity contribution in [2.24, 2.45) is 0 Å². The van der Waals surface area contributed by atoms with Gasteiger partial charge in [0.15, 0.2) is 0 Å². The lowest BCUT2D eigenvalue weighted by molar-refractivity contribution is 0.0681. The number of hydrogen-bond donors (Lipinski definition) is 0. The summed E-state index contributed by atoms with van der Waals surface area (Å²) in [6.07, 6.45) is 3.29. The van der Waals surface area contributed by atoms with Gasteiger partial charge in [-0.15, -0.1) is 11.6 Å². The van der Waals surface area contributed by atoms with Gasteiger partial charge in [-0.05, 0) is 51.1 Å². The maximum Gasteiger partial charge on any atom is 0.149 e. The van der Waals surface area contributed by atoms with Crippen LogP contribution in [0.1, 0.15) is 24.8 Å². The molecule has 0 aromatic heterocycles. The highest BCUT2D eigenvalue weighted by atomic mass is 35.5. The number of likely N-dealkylation sites (N-methyl/N-ethyl adjacent to an activating group) is 2. The van der Waals surface area contributed by atoms with Gasteiger partial charge in [0, 0.05) is 25.0 Å². The quantitative estimate of drug-likeness (QED) is 0.767. The number of anilines is 1. The number of alkyl halides is 1. The third kappa shape index (κ3) is 2.77. The first-order valence-corrected chi connectivity index (χ1v) is 7.35. The van der Waals surface area contributed by atoms with Gasteiger partial charge in [0.25, 0.3) is 0 Å². The average Bonchev–Trinajstić information content (AvgIpc) is 2.32. The highest BCUT2D eigenvalue weighted by Crippen LogP contribution is 2.38. The summed E-state index contributed by atoms with van der Waals surface area (Å²) in [5.74, 6) is -0.979. The minimum Gasteiger partial charge on any atom is -0.368 e. The Morgan fingerprint density at radius 1 is 1.15 bits per heavy atom. The first-order valence-electron chi connectivity index (χ1n) is 6.82. The van der Waals surface area contributed by atoms with Crippen LogP contribution < -0.4 is 4.90 Å². The Bertz CT molecular complexity index is 464. The van der Waals surface area contributed by atoms with E-state index in [1.165, 1.54) is 18.6 Å². The van der Waals surface area contributed by atoms with E-state index in [0.29, 0.717) is 12.1 Å². The van der Waals surface area contributed by atoms with Crippen molar-refractivity contribution in [3.8, 4) is 0 Å². The molecule has 1 aliphatic rings. The van der Waals surface area contributed by atoms with E-state index >= 15 is 0 Å². The molecule has 112 valence electrons. The third-order valence-corrected chi connectivity index (χ3v) is 4.69. The molecule has 0 amide bonds. The predicted molar refractivity (Wildman–Crippen MR) is 79.5 cm³/mol. The van der Waals surface area contributed by atoms with Gasteiger partial charge in [-0.1, -0.05) is 0 Å². The Hall–Kier alpha value is -0.870. The van der Waals surface area contributed by atoms with Gasteiger partial charge in [0.05, 0.1) is 0 Å². The Labute approximate surface area is 124 Å². The zero-order valence-electron chi connectivity index (χ0n) is 12.2. The van der Waals surface area contributed by atoms with Crippen molar-refractivity contribution >= 4 is 17.3 Å². The lowest BCUT2D eigenvalue weighted by Crippen LogP contribution is -2.57. The van der Waals surface area contributed by atoms with Gasteiger partial charge < -0.3 is 9.80 Å². The van der Waals surface area contributed by atoms with Crippen LogP contribution in [0.3, 0.4) is 0 Å². The monoisotopic (exact) mass is 302 g/mol. The average molecular weight is 303 g/mol. The fourth-order valence-corrected chi connectivity index (χ4v) is 3.07. The van der Waals surface area contributed by atoms with E-state index in [9.17, 15) is 8.78 Å². The van der Waals surface area contributed by atoms with Crippen molar-refractivity contribution in [2.45, 2.75) is 30.7 Å². The zero-order valence-corrected chi connectivity index (χ0v) is 13.0. The molecule has 1 saturated carbocycles. The number of benzene rings is 1. The van der Waals surface area contributed by atoms with Gasteiger partial charge in [-0.3, -0.25) is 0 Å². The van der Waals surface area contributed by atoms with Crippen LogP contribution in [0, 0.1) is 11.6 Å². The molecule has 20 heavy (non-hydrogen) atoms. The molecule has 0 unspecified atom stereocenters. The minimum absolute atomic E-state index is 0.0266. The van der Waals surface area contributed by atoms with Crippen molar-refractivity contribution < 1.29 is 8.78 Å². The first-order chi connectivity index (χ1) is 9.39. The van der Waals surface area contributed by atoms with Gasteiger partial charge in [-0.2, -0.15) is 0 Å². The van der Waals surface area contributed by atoms with Crippen LogP contribution in [0.5, 0.6) is 0 Å². The van der Waals surface area contributed by atoms with Crippen LogP contribution >= 0.6 is 11.6 Å². The van der Waals surface area contributed by atoms with Gasteiger partial charge in [0.1, 0.15) is 17.3 Å². The molecule has 0 saturated heterocycles. The predicted octanol–water partition coefficient (Wildman–Crippen LogP) is 3.62. The van der Waals surface area contributed by atoms with Crippen LogP contribution in [0.2, 0.25) is 0 Å². The standard InChI is InChI=1S/C15H21ClF2N2/c1-19(2)15(5-4-6-15)10-20(3)14-12(17)7-11(9-16)8-13(14)18/h7-8H,4-6,9-10H2,1-3H3. The Morgan fingerprint density at radius 3 is 2.05 bits per heavy atom. The smallest absolute Gasteiger partial charge is 0.149 e.